The molecule has 0 amide bonds. The zero-order valence-electron chi connectivity index (χ0n) is 39.0. The summed E-state index contributed by atoms with van der Waals surface area (Å²) in [5.74, 6) is 1.84. The van der Waals surface area contributed by atoms with Crippen LogP contribution in [0.15, 0.2) is 109 Å². The molecule has 0 saturated heterocycles. The number of rotatable bonds is 7. The van der Waals surface area contributed by atoms with Crippen LogP contribution >= 0.6 is 0 Å². The minimum absolute atomic E-state index is 0.109. The fourth-order valence-electron chi connectivity index (χ4n) is 7.57. The van der Waals surface area contributed by atoms with E-state index < -0.39 is 23.6 Å². The summed E-state index contributed by atoms with van der Waals surface area (Å²) in [5.41, 5.74) is 7.88. The highest BCUT2D eigenvalue weighted by Crippen LogP contribution is 2.37. The Bertz CT molecular complexity index is 2990. The van der Waals surface area contributed by atoms with Gasteiger partial charge in [-0.15, -0.1) is 0 Å². The van der Waals surface area contributed by atoms with Gasteiger partial charge in [-0.2, -0.15) is 0 Å². The quantitative estimate of drug-likeness (QED) is 0.120. The second-order valence-electron chi connectivity index (χ2n) is 18.2. The van der Waals surface area contributed by atoms with E-state index in [4.69, 9.17) is 20.2 Å². The predicted molar refractivity (Wildman–Crippen MR) is 235 cm³/mol. The van der Waals surface area contributed by atoms with E-state index in [0.717, 1.165) is 55.6 Å². The van der Waals surface area contributed by atoms with E-state index in [1.807, 2.05) is 125 Å². The fourth-order valence-corrected chi connectivity index (χ4v) is 7.57. The number of pyridine rings is 2. The number of ether oxygens (including phenoxy) is 1. The summed E-state index contributed by atoms with van der Waals surface area (Å²) in [7, 11) is 0. The van der Waals surface area contributed by atoms with Gasteiger partial charge in [0.2, 0.25) is 0 Å². The van der Waals surface area contributed by atoms with E-state index in [2.05, 4.69) is 68.1 Å². The van der Waals surface area contributed by atoms with E-state index >= 15 is 0 Å². The number of imidazole rings is 1. The SMILES string of the molecule is [2H]C([2H])(c1cccc(-[n+]2[c-]n(-c3cc(Oc4ccc5c6ccccc6n(-c6cc(C([2H])([2H])C(C)(C)C)ccn6)c5c4)c(C)nc3C)c3cc(C(C)(C)C)ccc32)c1)C(C)(C)C. The largest absolute Gasteiger partial charge is 0.456 e. The molecular formula is C51H55N5O. The van der Waals surface area contributed by atoms with Crippen molar-refractivity contribution in [2.75, 3.05) is 0 Å². The number of nitrogens with zero attached hydrogens (tertiary/aromatic N) is 5. The monoisotopic (exact) mass is 757 g/mol. The maximum absolute atomic E-state index is 9.02. The van der Waals surface area contributed by atoms with Gasteiger partial charge in [-0.25, -0.2) is 4.98 Å². The van der Waals surface area contributed by atoms with Gasteiger partial charge < -0.3 is 4.74 Å². The molecule has 0 spiro atoms. The molecule has 4 aromatic carbocycles. The molecule has 0 aliphatic heterocycles. The smallest absolute Gasteiger partial charge is 0.269 e. The van der Waals surface area contributed by atoms with Gasteiger partial charge in [-0.1, -0.05) is 110 Å². The molecule has 57 heavy (non-hydrogen) atoms. The van der Waals surface area contributed by atoms with Crippen molar-refractivity contribution in [3.63, 3.8) is 0 Å². The Hall–Kier alpha value is -5.75. The molecule has 0 fully saturated rings. The number of hydrogen-bond donors (Lipinski definition) is 0. The van der Waals surface area contributed by atoms with Crippen LogP contribution in [-0.2, 0) is 18.2 Å². The molecule has 0 saturated carbocycles. The second kappa shape index (κ2) is 14.0. The van der Waals surface area contributed by atoms with Crippen molar-refractivity contribution in [1.29, 1.82) is 0 Å². The van der Waals surface area contributed by atoms with Crippen LogP contribution in [0.5, 0.6) is 11.5 Å². The fraction of sp³-hybridized carbons (Fsp3) is 0.314. The van der Waals surface area contributed by atoms with Crippen LogP contribution in [0.1, 0.15) is 95.9 Å². The lowest BCUT2D eigenvalue weighted by Gasteiger charge is -2.20. The topological polar surface area (TPSA) is 48.8 Å². The van der Waals surface area contributed by atoms with Crippen LogP contribution in [0.25, 0.3) is 50.0 Å². The lowest BCUT2D eigenvalue weighted by Crippen LogP contribution is -2.30. The van der Waals surface area contributed by atoms with Crippen LogP contribution in [0, 0.1) is 31.0 Å². The molecule has 6 nitrogen and oxygen atoms in total. The molecule has 0 aliphatic carbocycles. The summed E-state index contributed by atoms with van der Waals surface area (Å²) >= 11 is 0. The van der Waals surface area contributed by atoms with Gasteiger partial charge in [-0.05, 0) is 109 Å². The summed E-state index contributed by atoms with van der Waals surface area (Å²) in [6.07, 6.45) is 2.17. The molecule has 0 bridgehead atoms. The molecule has 6 heteroatoms. The van der Waals surface area contributed by atoms with Crippen molar-refractivity contribution < 1.29 is 14.8 Å². The molecule has 8 aromatic rings. The third-order valence-electron chi connectivity index (χ3n) is 10.1. The van der Waals surface area contributed by atoms with E-state index in [-0.39, 0.29) is 5.41 Å². The zero-order chi connectivity index (χ0) is 44.0. The number of aromatic nitrogens is 5. The summed E-state index contributed by atoms with van der Waals surface area (Å²) < 4.78 is 49.0. The minimum Gasteiger partial charge on any atom is -0.456 e. The highest BCUT2D eigenvalue weighted by Gasteiger charge is 2.22. The first-order valence-corrected chi connectivity index (χ1v) is 19.8. The maximum Gasteiger partial charge on any atom is 0.269 e. The van der Waals surface area contributed by atoms with E-state index in [9.17, 15) is 0 Å². The number of benzene rings is 4. The molecule has 8 rings (SSSR count). The van der Waals surface area contributed by atoms with Gasteiger partial charge in [0.05, 0.1) is 44.8 Å². The van der Waals surface area contributed by atoms with Gasteiger partial charge in [0.15, 0.2) is 0 Å². The van der Waals surface area contributed by atoms with Crippen LogP contribution in [-0.4, -0.2) is 19.1 Å². The van der Waals surface area contributed by atoms with Crippen LogP contribution in [0.3, 0.4) is 0 Å². The first-order valence-electron chi connectivity index (χ1n) is 21.8. The Kier molecular flexibility index (Phi) is 8.21. The number of fused-ring (bicyclic) bond motifs is 4. The molecule has 290 valence electrons. The van der Waals surface area contributed by atoms with Crippen molar-refractivity contribution in [2.45, 2.75) is 94.3 Å². The molecular weight excluding hydrogens is 699 g/mol. The second-order valence-corrected chi connectivity index (χ2v) is 18.2. The first-order chi connectivity index (χ1) is 28.5. The summed E-state index contributed by atoms with van der Waals surface area (Å²) in [5, 5.41) is 2.09. The van der Waals surface area contributed by atoms with Crippen LogP contribution < -0.4 is 9.30 Å². The van der Waals surface area contributed by atoms with Gasteiger partial charge in [0.25, 0.3) is 6.33 Å². The standard InChI is InChI=1S/C51H55N5O/c1-33-44(55-32-54(38-16-14-15-35(25-38)30-49(3,4)5)43-22-19-37(27-46(43)55)51(9,10)11)29-47(34(2)53-33)57-39-20-21-41-40-17-12-13-18-42(40)56(45(41)28-39)48-26-36(23-24-52-48)31-50(6,7)8/h12-29H,30-31H2,1-11H3/i30D2,31D2. The summed E-state index contributed by atoms with van der Waals surface area (Å²) in [6.45, 7) is 22.1. The van der Waals surface area contributed by atoms with Gasteiger partial charge in [0, 0.05) is 28.5 Å². The molecule has 0 N–H and O–H groups in total. The van der Waals surface area contributed by atoms with Crippen LogP contribution in [0.2, 0.25) is 0 Å². The van der Waals surface area contributed by atoms with Gasteiger partial charge >= 0.3 is 0 Å². The molecule has 0 atom stereocenters. The Labute approximate surface area is 343 Å². The maximum atomic E-state index is 9.02. The number of hydrogen-bond acceptors (Lipinski definition) is 3. The van der Waals surface area contributed by atoms with E-state index in [1.165, 1.54) is 5.56 Å². The van der Waals surface area contributed by atoms with E-state index in [1.54, 1.807) is 12.3 Å². The normalized spacial score (nSPS) is 14.2. The van der Waals surface area contributed by atoms with Crippen molar-refractivity contribution in [2.24, 2.45) is 10.8 Å². The molecule has 4 aromatic heterocycles. The molecule has 4 heterocycles. The molecule has 0 aliphatic rings. The minimum atomic E-state index is -1.59. The van der Waals surface area contributed by atoms with Crippen molar-refractivity contribution in [3.8, 4) is 28.7 Å². The Morgan fingerprint density at radius 1 is 0.684 bits per heavy atom. The highest BCUT2D eigenvalue weighted by atomic mass is 16.5. The van der Waals surface area contributed by atoms with Gasteiger partial charge in [-0.3, -0.25) is 18.7 Å². The summed E-state index contributed by atoms with van der Waals surface area (Å²) in [4.78, 5) is 9.79. The zero-order valence-corrected chi connectivity index (χ0v) is 35.0. The first kappa shape index (κ1) is 33.4. The third-order valence-corrected chi connectivity index (χ3v) is 10.1. The Morgan fingerprint density at radius 2 is 1.40 bits per heavy atom. The average molecular weight is 758 g/mol. The molecule has 0 unspecified atom stereocenters. The van der Waals surface area contributed by atoms with Crippen molar-refractivity contribution in [1.82, 2.24) is 19.1 Å². The predicted octanol–water partition coefficient (Wildman–Crippen LogP) is 12.5. The third kappa shape index (κ3) is 7.70. The molecule has 0 radical (unpaired) electrons. The van der Waals surface area contributed by atoms with Crippen molar-refractivity contribution in [3.05, 3.63) is 144 Å². The Morgan fingerprint density at radius 3 is 2.14 bits per heavy atom. The lowest BCUT2D eigenvalue weighted by molar-refractivity contribution is -0.572. The summed E-state index contributed by atoms with van der Waals surface area (Å²) in [6, 6.07) is 34.1. The van der Waals surface area contributed by atoms with Crippen LogP contribution in [0.4, 0.5) is 0 Å². The number of aryl methyl sites for hydroxylation is 2. The van der Waals surface area contributed by atoms with Gasteiger partial charge in [0.1, 0.15) is 17.3 Å². The van der Waals surface area contributed by atoms with Crippen molar-refractivity contribution >= 4 is 32.8 Å². The Balaban J connectivity index is 1.26. The average Bonchev–Trinajstić information content (AvgIpc) is 3.73. The number of para-hydroxylation sites is 1. The van der Waals surface area contributed by atoms with E-state index in [0.29, 0.717) is 28.4 Å². The lowest BCUT2D eigenvalue weighted by atomic mass is 9.87. The highest BCUT2D eigenvalue weighted by molar-refractivity contribution is 6.09.